The molecule has 3 rings (SSSR count). The average molecular weight is 440 g/mol. The van der Waals surface area contributed by atoms with Gasteiger partial charge in [0.2, 0.25) is 11.8 Å². The minimum absolute atomic E-state index is 0.00211. The van der Waals surface area contributed by atoms with Gasteiger partial charge in [0.05, 0.1) is 18.6 Å². The van der Waals surface area contributed by atoms with Crippen molar-refractivity contribution in [2.75, 3.05) is 5.32 Å². The predicted molar refractivity (Wildman–Crippen MR) is 120 cm³/mol. The van der Waals surface area contributed by atoms with Crippen LogP contribution in [0.5, 0.6) is 5.75 Å². The molecule has 0 aromatic heterocycles. The number of aliphatic carboxylic acids is 1. The van der Waals surface area contributed by atoms with Gasteiger partial charge in [-0.1, -0.05) is 18.2 Å². The van der Waals surface area contributed by atoms with Crippen LogP contribution in [-0.4, -0.2) is 29.0 Å². The van der Waals surface area contributed by atoms with Crippen LogP contribution in [0.1, 0.15) is 55.8 Å². The zero-order chi connectivity index (χ0) is 23.1. The number of anilines is 1. The average Bonchev–Trinajstić information content (AvgIpc) is 3.19. The van der Waals surface area contributed by atoms with Crippen LogP contribution in [0.3, 0.4) is 0 Å². The lowest BCUT2D eigenvalue weighted by atomic mass is 10.0. The highest BCUT2D eigenvalue weighted by molar-refractivity contribution is 5.93. The lowest BCUT2D eigenvalue weighted by molar-refractivity contribution is -0.138. The van der Waals surface area contributed by atoms with Crippen molar-refractivity contribution < 1.29 is 24.2 Å². The number of carbonyl (C=O) groups is 3. The van der Waals surface area contributed by atoms with Crippen molar-refractivity contribution in [3.05, 3.63) is 59.2 Å². The number of fused-ring (bicyclic) bond motifs is 1. The number of carboxylic acid groups (broad SMARTS) is 1. The van der Waals surface area contributed by atoms with E-state index in [0.29, 0.717) is 17.0 Å². The SMILES string of the molecule is CC(C)Oc1ccc(C(CC(=O)O)NC(=O)CCC(=O)Nc2ccc3c(c2)CNC3)cc1. The van der Waals surface area contributed by atoms with Gasteiger partial charge in [0.15, 0.2) is 0 Å². The Morgan fingerprint density at radius 1 is 1.00 bits per heavy atom. The van der Waals surface area contributed by atoms with Crippen LogP contribution >= 0.6 is 0 Å². The molecule has 2 amide bonds. The molecule has 1 atom stereocenters. The van der Waals surface area contributed by atoms with Crippen molar-refractivity contribution in [1.29, 1.82) is 0 Å². The van der Waals surface area contributed by atoms with Gasteiger partial charge in [-0.05, 0) is 54.8 Å². The molecule has 2 aromatic carbocycles. The van der Waals surface area contributed by atoms with Crippen molar-refractivity contribution in [2.24, 2.45) is 0 Å². The molecule has 0 bridgehead atoms. The normalized spacial score (nSPS) is 13.3. The van der Waals surface area contributed by atoms with Crippen LogP contribution in [0.25, 0.3) is 0 Å². The summed E-state index contributed by atoms with van der Waals surface area (Å²) in [6, 6.07) is 12.0. The van der Waals surface area contributed by atoms with Crippen molar-refractivity contribution >= 4 is 23.5 Å². The lowest BCUT2D eigenvalue weighted by Crippen LogP contribution is -2.30. The number of hydrogen-bond donors (Lipinski definition) is 4. The molecule has 1 heterocycles. The van der Waals surface area contributed by atoms with E-state index < -0.39 is 12.0 Å². The zero-order valence-corrected chi connectivity index (χ0v) is 18.3. The van der Waals surface area contributed by atoms with Crippen LogP contribution in [0, 0.1) is 0 Å². The third kappa shape index (κ3) is 6.81. The van der Waals surface area contributed by atoms with Crippen molar-refractivity contribution in [1.82, 2.24) is 10.6 Å². The fourth-order valence-electron chi connectivity index (χ4n) is 3.57. The molecule has 0 saturated heterocycles. The van der Waals surface area contributed by atoms with E-state index in [-0.39, 0.29) is 37.2 Å². The summed E-state index contributed by atoms with van der Waals surface area (Å²) < 4.78 is 5.60. The highest BCUT2D eigenvalue weighted by Gasteiger charge is 2.19. The number of ether oxygens (including phenoxy) is 1. The minimum Gasteiger partial charge on any atom is -0.491 e. The molecule has 0 aliphatic carbocycles. The maximum atomic E-state index is 12.4. The van der Waals surface area contributed by atoms with Gasteiger partial charge in [0.25, 0.3) is 0 Å². The quantitative estimate of drug-likeness (QED) is 0.452. The molecule has 0 radical (unpaired) electrons. The lowest BCUT2D eigenvalue weighted by Gasteiger charge is -2.18. The second-order valence-electron chi connectivity index (χ2n) is 8.09. The van der Waals surface area contributed by atoms with Crippen molar-refractivity contribution in [3.8, 4) is 5.75 Å². The molecule has 0 fully saturated rings. The number of rotatable bonds is 10. The molecule has 170 valence electrons. The van der Waals surface area contributed by atoms with Gasteiger partial charge in [0.1, 0.15) is 5.75 Å². The Labute approximate surface area is 187 Å². The van der Waals surface area contributed by atoms with Gasteiger partial charge in [-0.3, -0.25) is 14.4 Å². The van der Waals surface area contributed by atoms with E-state index in [2.05, 4.69) is 16.0 Å². The second-order valence-corrected chi connectivity index (χ2v) is 8.09. The summed E-state index contributed by atoms with van der Waals surface area (Å²) in [6.07, 6.45) is -0.272. The summed E-state index contributed by atoms with van der Waals surface area (Å²) >= 11 is 0. The van der Waals surface area contributed by atoms with Crippen LogP contribution < -0.4 is 20.7 Å². The molecule has 1 unspecified atom stereocenters. The first kappa shape index (κ1) is 23.3. The maximum Gasteiger partial charge on any atom is 0.305 e. The van der Waals surface area contributed by atoms with Gasteiger partial charge < -0.3 is 25.8 Å². The summed E-state index contributed by atoms with van der Waals surface area (Å²) in [4.78, 5) is 36.0. The molecule has 0 saturated carbocycles. The topological polar surface area (TPSA) is 117 Å². The van der Waals surface area contributed by atoms with E-state index >= 15 is 0 Å². The second kappa shape index (κ2) is 10.8. The number of carboxylic acids is 1. The largest absolute Gasteiger partial charge is 0.491 e. The van der Waals surface area contributed by atoms with Crippen LogP contribution in [-0.2, 0) is 27.5 Å². The summed E-state index contributed by atoms with van der Waals surface area (Å²) in [7, 11) is 0. The summed E-state index contributed by atoms with van der Waals surface area (Å²) in [5.41, 5.74) is 3.73. The number of hydrogen-bond acceptors (Lipinski definition) is 5. The van der Waals surface area contributed by atoms with Crippen molar-refractivity contribution in [3.63, 3.8) is 0 Å². The molecule has 8 nitrogen and oxygen atoms in total. The first-order valence-corrected chi connectivity index (χ1v) is 10.7. The molecular formula is C24H29N3O5. The highest BCUT2D eigenvalue weighted by atomic mass is 16.5. The first-order valence-electron chi connectivity index (χ1n) is 10.7. The van der Waals surface area contributed by atoms with Crippen LogP contribution in [0.2, 0.25) is 0 Å². The molecule has 2 aromatic rings. The maximum absolute atomic E-state index is 12.4. The van der Waals surface area contributed by atoms with Crippen LogP contribution in [0.15, 0.2) is 42.5 Å². The third-order valence-corrected chi connectivity index (χ3v) is 5.07. The number of carbonyl (C=O) groups excluding carboxylic acids is 2. The minimum atomic E-state index is -1.03. The fourth-order valence-corrected chi connectivity index (χ4v) is 3.57. The Balaban J connectivity index is 1.53. The molecule has 8 heteroatoms. The van der Waals surface area contributed by atoms with Gasteiger partial charge in [-0.2, -0.15) is 0 Å². The molecule has 1 aliphatic rings. The highest BCUT2D eigenvalue weighted by Crippen LogP contribution is 2.22. The van der Waals surface area contributed by atoms with E-state index in [4.69, 9.17) is 4.74 Å². The van der Waals surface area contributed by atoms with Crippen molar-refractivity contribution in [2.45, 2.75) is 58.3 Å². The number of amides is 2. The van der Waals surface area contributed by atoms with E-state index in [1.165, 1.54) is 5.56 Å². The first-order chi connectivity index (χ1) is 15.3. The molecule has 4 N–H and O–H groups in total. The predicted octanol–water partition coefficient (Wildman–Crippen LogP) is 3.13. The Hall–Kier alpha value is -3.39. The molecule has 32 heavy (non-hydrogen) atoms. The third-order valence-electron chi connectivity index (χ3n) is 5.07. The van der Waals surface area contributed by atoms with Gasteiger partial charge in [-0.25, -0.2) is 0 Å². The Bertz CT molecular complexity index is 972. The summed E-state index contributed by atoms with van der Waals surface area (Å²) in [5, 5.41) is 18.0. The summed E-state index contributed by atoms with van der Waals surface area (Å²) in [5.74, 6) is -1.01. The van der Waals surface area contributed by atoms with Gasteiger partial charge in [0, 0.05) is 31.6 Å². The number of nitrogens with one attached hydrogen (secondary N) is 3. The molecule has 0 spiro atoms. The smallest absolute Gasteiger partial charge is 0.305 e. The fraction of sp³-hybridized carbons (Fsp3) is 0.375. The molecule has 1 aliphatic heterocycles. The Kier molecular flexibility index (Phi) is 7.83. The molecular weight excluding hydrogens is 410 g/mol. The van der Waals surface area contributed by atoms with Gasteiger partial charge >= 0.3 is 5.97 Å². The standard InChI is InChI=1S/C24H29N3O5/c1-15(2)32-20-7-4-16(5-8-20)21(12-24(30)31)27-23(29)10-9-22(28)26-19-6-3-17-13-25-14-18(17)11-19/h3-8,11,15,21,25H,9-10,12-14H2,1-2H3,(H,26,28)(H,27,29)(H,30,31). The number of benzene rings is 2. The summed E-state index contributed by atoms with van der Waals surface area (Å²) in [6.45, 7) is 5.43. The van der Waals surface area contributed by atoms with Crippen LogP contribution in [0.4, 0.5) is 5.69 Å². The van der Waals surface area contributed by atoms with E-state index in [0.717, 1.165) is 18.7 Å². The zero-order valence-electron chi connectivity index (χ0n) is 18.3. The van der Waals surface area contributed by atoms with E-state index in [1.807, 2.05) is 32.0 Å². The Morgan fingerprint density at radius 3 is 2.38 bits per heavy atom. The van der Waals surface area contributed by atoms with E-state index in [1.54, 1.807) is 24.3 Å². The van der Waals surface area contributed by atoms with E-state index in [9.17, 15) is 19.5 Å². The van der Waals surface area contributed by atoms with Gasteiger partial charge in [-0.15, -0.1) is 0 Å². The Morgan fingerprint density at radius 2 is 1.69 bits per heavy atom. The monoisotopic (exact) mass is 439 g/mol.